The van der Waals surface area contributed by atoms with Crippen molar-refractivity contribution in [2.24, 2.45) is 0 Å². The zero-order valence-electron chi connectivity index (χ0n) is 16.7. The molecular weight excluding hydrogens is 422 g/mol. The highest BCUT2D eigenvalue weighted by molar-refractivity contribution is 6.30. The van der Waals surface area contributed by atoms with Gasteiger partial charge in [0.1, 0.15) is 5.75 Å². The largest absolute Gasteiger partial charge is 0.481 e. The van der Waals surface area contributed by atoms with E-state index in [1.807, 2.05) is 12.1 Å². The average molecular weight is 442 g/mol. The molecule has 0 bridgehead atoms. The molecule has 9 heteroatoms. The van der Waals surface area contributed by atoms with E-state index < -0.39 is 6.10 Å². The molecule has 0 aliphatic carbocycles. The molecule has 2 heterocycles. The maximum atomic E-state index is 12.4. The van der Waals surface area contributed by atoms with E-state index in [1.54, 1.807) is 43.3 Å². The second kappa shape index (κ2) is 9.09. The minimum atomic E-state index is -0.731. The number of aromatic nitrogens is 2. The number of nitrogens with one attached hydrogen (secondary N) is 1. The van der Waals surface area contributed by atoms with E-state index in [4.69, 9.17) is 25.8 Å². The number of hydrogen-bond acceptors (Lipinski definition) is 6. The third-order valence-electron chi connectivity index (χ3n) is 4.66. The van der Waals surface area contributed by atoms with Crippen LogP contribution in [0.3, 0.4) is 0 Å². The highest BCUT2D eigenvalue weighted by Crippen LogP contribution is 2.35. The Morgan fingerprint density at radius 2 is 1.94 bits per heavy atom. The third-order valence-corrected chi connectivity index (χ3v) is 4.91. The van der Waals surface area contributed by atoms with Gasteiger partial charge in [0.25, 0.3) is 11.5 Å². The third kappa shape index (κ3) is 4.97. The molecule has 1 amide bonds. The van der Waals surface area contributed by atoms with Crippen LogP contribution in [0.15, 0.2) is 59.4 Å². The van der Waals surface area contributed by atoms with Gasteiger partial charge in [-0.1, -0.05) is 23.7 Å². The van der Waals surface area contributed by atoms with E-state index >= 15 is 0 Å². The summed E-state index contributed by atoms with van der Waals surface area (Å²) in [4.78, 5) is 24.5. The summed E-state index contributed by atoms with van der Waals surface area (Å²) in [6.07, 6.45) is -0.731. The normalized spacial score (nSPS) is 13.0. The number of hydrogen-bond donors (Lipinski definition) is 1. The summed E-state index contributed by atoms with van der Waals surface area (Å²) in [6.45, 7) is 2.26. The van der Waals surface area contributed by atoms with Crippen LogP contribution < -0.4 is 25.1 Å². The predicted octanol–water partition coefficient (Wildman–Crippen LogP) is 2.88. The van der Waals surface area contributed by atoms with Gasteiger partial charge < -0.3 is 19.5 Å². The topological polar surface area (TPSA) is 91.7 Å². The van der Waals surface area contributed by atoms with Crippen molar-refractivity contribution in [1.29, 1.82) is 0 Å². The molecule has 1 atom stereocenters. The fourth-order valence-corrected chi connectivity index (χ4v) is 3.15. The van der Waals surface area contributed by atoms with E-state index in [0.717, 1.165) is 5.56 Å². The van der Waals surface area contributed by atoms with Gasteiger partial charge in [0.05, 0.1) is 12.2 Å². The molecule has 0 spiro atoms. The van der Waals surface area contributed by atoms with Crippen LogP contribution in [0.2, 0.25) is 5.02 Å². The summed E-state index contributed by atoms with van der Waals surface area (Å²) < 4.78 is 17.5. The van der Waals surface area contributed by atoms with Gasteiger partial charge in [-0.05, 0) is 37.3 Å². The number of carbonyl (C=O) groups excluding carboxylic acids is 1. The zero-order valence-corrected chi connectivity index (χ0v) is 17.5. The number of amides is 1. The van der Waals surface area contributed by atoms with Crippen LogP contribution in [0.25, 0.3) is 11.3 Å². The lowest BCUT2D eigenvalue weighted by atomic mass is 10.1. The van der Waals surface area contributed by atoms with Gasteiger partial charge in [0, 0.05) is 29.3 Å². The number of fused-ring (bicyclic) bond motifs is 1. The van der Waals surface area contributed by atoms with Crippen molar-refractivity contribution in [3.05, 3.63) is 70.0 Å². The lowest BCUT2D eigenvalue weighted by Gasteiger charge is -2.15. The van der Waals surface area contributed by atoms with Crippen LogP contribution >= 0.6 is 11.6 Å². The van der Waals surface area contributed by atoms with Gasteiger partial charge in [-0.2, -0.15) is 5.10 Å². The van der Waals surface area contributed by atoms with E-state index in [0.29, 0.717) is 28.0 Å². The van der Waals surface area contributed by atoms with Gasteiger partial charge in [-0.15, -0.1) is 0 Å². The maximum absolute atomic E-state index is 12.4. The number of nitrogens with zero attached hydrogens (tertiary/aromatic N) is 2. The van der Waals surface area contributed by atoms with Crippen molar-refractivity contribution < 1.29 is 19.0 Å². The minimum absolute atomic E-state index is 0.168. The second-order valence-corrected chi connectivity index (χ2v) is 7.29. The van der Waals surface area contributed by atoms with Gasteiger partial charge in [-0.25, -0.2) is 4.68 Å². The average Bonchev–Trinajstić information content (AvgIpc) is 3.23. The number of ether oxygens (including phenoxy) is 3. The Kier molecular flexibility index (Phi) is 6.08. The van der Waals surface area contributed by atoms with Gasteiger partial charge >= 0.3 is 0 Å². The van der Waals surface area contributed by atoms with Crippen molar-refractivity contribution in [2.45, 2.75) is 19.6 Å². The highest BCUT2D eigenvalue weighted by atomic mass is 35.5. The molecule has 1 unspecified atom stereocenters. The van der Waals surface area contributed by atoms with Crippen LogP contribution in [-0.2, 0) is 11.3 Å². The number of rotatable bonds is 7. The minimum Gasteiger partial charge on any atom is -0.481 e. The molecule has 0 saturated heterocycles. The summed E-state index contributed by atoms with van der Waals surface area (Å²) in [5, 5.41) is 7.75. The van der Waals surface area contributed by atoms with Crippen molar-refractivity contribution in [3.8, 4) is 28.5 Å². The number of benzene rings is 2. The Morgan fingerprint density at radius 1 is 1.16 bits per heavy atom. The summed E-state index contributed by atoms with van der Waals surface area (Å²) in [5.74, 6) is 1.42. The van der Waals surface area contributed by atoms with Crippen LogP contribution in [0.1, 0.15) is 6.92 Å². The molecule has 1 aromatic heterocycles. The Labute approximate surface area is 183 Å². The highest BCUT2D eigenvalue weighted by Gasteiger charge is 2.18. The number of carbonyl (C=O) groups is 1. The molecule has 1 aliphatic heterocycles. The first-order chi connectivity index (χ1) is 15.0. The second-order valence-electron chi connectivity index (χ2n) is 6.85. The molecule has 1 N–H and O–H groups in total. The maximum Gasteiger partial charge on any atom is 0.266 e. The quantitative estimate of drug-likeness (QED) is 0.606. The summed E-state index contributed by atoms with van der Waals surface area (Å²) in [5.41, 5.74) is 1.23. The van der Waals surface area contributed by atoms with Crippen molar-refractivity contribution in [3.63, 3.8) is 0 Å². The molecule has 0 fully saturated rings. The molecule has 3 aromatic rings. The summed E-state index contributed by atoms with van der Waals surface area (Å²) in [7, 11) is 0. The first kappa shape index (κ1) is 20.7. The first-order valence-corrected chi connectivity index (χ1v) is 10.1. The molecule has 8 nitrogen and oxygen atoms in total. The van der Waals surface area contributed by atoms with Crippen molar-refractivity contribution >= 4 is 17.5 Å². The summed E-state index contributed by atoms with van der Waals surface area (Å²) in [6, 6.07) is 15.4. The van der Waals surface area contributed by atoms with Gasteiger partial charge in [0.2, 0.25) is 6.79 Å². The van der Waals surface area contributed by atoms with E-state index in [9.17, 15) is 9.59 Å². The lowest BCUT2D eigenvalue weighted by Crippen LogP contribution is -2.39. The van der Waals surface area contributed by atoms with Gasteiger partial charge in [-0.3, -0.25) is 9.59 Å². The van der Waals surface area contributed by atoms with Gasteiger partial charge in [0.15, 0.2) is 17.6 Å². The smallest absolute Gasteiger partial charge is 0.266 e. The standard InChI is InChI=1S/C22H20ClN3O5/c1-14(31-17-6-8-19-20(12-17)30-13-29-19)22(28)24-10-11-26-21(27)9-7-18(25-26)15-2-4-16(23)5-3-15/h2-9,12,14H,10-11,13H2,1H3,(H,24,28). The zero-order chi connectivity index (χ0) is 21.8. The number of halogens is 1. The van der Waals surface area contributed by atoms with Crippen LogP contribution in [0, 0.1) is 0 Å². The molecule has 0 radical (unpaired) electrons. The van der Waals surface area contributed by atoms with Crippen molar-refractivity contribution in [2.75, 3.05) is 13.3 Å². The molecular formula is C22H20ClN3O5. The van der Waals surface area contributed by atoms with Crippen LogP contribution in [0.5, 0.6) is 17.2 Å². The summed E-state index contributed by atoms with van der Waals surface area (Å²) >= 11 is 5.92. The SMILES string of the molecule is CC(Oc1ccc2c(c1)OCO2)C(=O)NCCn1nc(-c2ccc(Cl)cc2)ccc1=O. The molecule has 2 aromatic carbocycles. The molecule has 1 aliphatic rings. The molecule has 0 saturated carbocycles. The van der Waals surface area contributed by atoms with E-state index in [-0.39, 0.29) is 31.3 Å². The van der Waals surface area contributed by atoms with Crippen molar-refractivity contribution in [1.82, 2.24) is 15.1 Å². The Hall–Kier alpha value is -3.52. The molecule has 31 heavy (non-hydrogen) atoms. The first-order valence-electron chi connectivity index (χ1n) is 9.68. The van der Waals surface area contributed by atoms with E-state index in [2.05, 4.69) is 10.4 Å². The van der Waals surface area contributed by atoms with Crippen LogP contribution in [-0.4, -0.2) is 35.1 Å². The lowest BCUT2D eigenvalue weighted by molar-refractivity contribution is -0.127. The van der Waals surface area contributed by atoms with E-state index in [1.165, 1.54) is 10.7 Å². The fraction of sp³-hybridized carbons (Fsp3) is 0.227. The molecule has 160 valence electrons. The predicted molar refractivity (Wildman–Crippen MR) is 115 cm³/mol. The molecule has 4 rings (SSSR count). The Balaban J connectivity index is 1.33. The Morgan fingerprint density at radius 3 is 2.74 bits per heavy atom. The Bertz CT molecular complexity index is 1150. The monoisotopic (exact) mass is 441 g/mol. The fourth-order valence-electron chi connectivity index (χ4n) is 3.02. The van der Waals surface area contributed by atoms with Crippen LogP contribution in [0.4, 0.5) is 0 Å².